The lowest BCUT2D eigenvalue weighted by atomic mass is 9.76. The Bertz CT molecular complexity index is 502. The summed E-state index contributed by atoms with van der Waals surface area (Å²) in [4.78, 5) is 0.360. The molecule has 1 aromatic carbocycles. The van der Waals surface area contributed by atoms with E-state index in [4.69, 9.17) is 5.26 Å². The average molecular weight is 235 g/mol. The van der Waals surface area contributed by atoms with Crippen molar-refractivity contribution < 1.29 is 8.42 Å². The highest BCUT2D eigenvalue weighted by atomic mass is 32.2. The van der Waals surface area contributed by atoms with Crippen LogP contribution in [0.25, 0.3) is 0 Å². The van der Waals surface area contributed by atoms with Gasteiger partial charge in [-0.2, -0.15) is 5.26 Å². The molecule has 0 radical (unpaired) electrons. The van der Waals surface area contributed by atoms with Crippen LogP contribution in [0, 0.1) is 23.2 Å². The Kier molecular flexibility index (Phi) is 2.97. The molecule has 1 saturated carbocycles. The molecular weight excluding hydrogens is 222 g/mol. The topological polar surface area (TPSA) is 57.9 Å². The first-order valence-electron chi connectivity index (χ1n) is 5.31. The van der Waals surface area contributed by atoms with E-state index in [9.17, 15) is 8.42 Å². The number of nitrogens with zero attached hydrogens (tertiary/aromatic N) is 1. The Hall–Kier alpha value is -1.34. The van der Waals surface area contributed by atoms with Gasteiger partial charge in [0.2, 0.25) is 0 Å². The normalized spacial score (nSPS) is 24.4. The van der Waals surface area contributed by atoms with Crippen LogP contribution in [-0.2, 0) is 9.84 Å². The van der Waals surface area contributed by atoms with Crippen molar-refractivity contribution in [3.05, 3.63) is 30.3 Å². The SMILES string of the molecule is N#CC1CCC1CS(=O)(=O)c1ccccc1. The lowest BCUT2D eigenvalue weighted by molar-refractivity contribution is 0.261. The summed E-state index contributed by atoms with van der Waals surface area (Å²) in [6, 6.07) is 10.6. The monoisotopic (exact) mass is 235 g/mol. The van der Waals surface area contributed by atoms with E-state index in [1.807, 2.05) is 0 Å². The first kappa shape index (κ1) is 11.2. The fourth-order valence-electron chi connectivity index (χ4n) is 1.94. The molecule has 2 unspecified atom stereocenters. The summed E-state index contributed by atoms with van der Waals surface area (Å²) in [7, 11) is -3.21. The maximum Gasteiger partial charge on any atom is 0.178 e. The van der Waals surface area contributed by atoms with Crippen LogP contribution in [0.15, 0.2) is 35.2 Å². The number of sulfone groups is 1. The second kappa shape index (κ2) is 4.26. The minimum atomic E-state index is -3.21. The van der Waals surface area contributed by atoms with Crippen LogP contribution in [0.5, 0.6) is 0 Å². The molecule has 1 fully saturated rings. The third kappa shape index (κ3) is 2.10. The zero-order valence-corrected chi connectivity index (χ0v) is 9.65. The predicted octanol–water partition coefficient (Wildman–Crippen LogP) is 2.01. The molecule has 1 aliphatic rings. The molecule has 2 atom stereocenters. The molecule has 84 valence electrons. The molecule has 4 heteroatoms. The number of hydrogen-bond acceptors (Lipinski definition) is 3. The number of nitriles is 1. The molecular formula is C12H13NO2S. The van der Waals surface area contributed by atoms with Crippen LogP contribution in [0.1, 0.15) is 12.8 Å². The van der Waals surface area contributed by atoms with Gasteiger partial charge >= 0.3 is 0 Å². The van der Waals surface area contributed by atoms with Crippen molar-refractivity contribution >= 4 is 9.84 Å². The maximum absolute atomic E-state index is 12.0. The highest BCUT2D eigenvalue weighted by molar-refractivity contribution is 7.91. The second-order valence-electron chi connectivity index (χ2n) is 4.17. The van der Waals surface area contributed by atoms with Gasteiger partial charge in [-0.05, 0) is 30.9 Å². The van der Waals surface area contributed by atoms with Gasteiger partial charge < -0.3 is 0 Å². The second-order valence-corrected chi connectivity index (χ2v) is 6.20. The Labute approximate surface area is 95.6 Å². The van der Waals surface area contributed by atoms with Gasteiger partial charge in [0.05, 0.1) is 22.6 Å². The number of rotatable bonds is 3. The molecule has 1 aromatic rings. The van der Waals surface area contributed by atoms with E-state index in [-0.39, 0.29) is 17.6 Å². The highest BCUT2D eigenvalue weighted by Gasteiger charge is 2.34. The fraction of sp³-hybridized carbons (Fsp3) is 0.417. The Balaban J connectivity index is 2.13. The van der Waals surface area contributed by atoms with Crippen molar-refractivity contribution in [1.82, 2.24) is 0 Å². The quantitative estimate of drug-likeness (QED) is 0.805. The standard InChI is InChI=1S/C12H13NO2S/c13-8-10-6-7-11(10)9-16(14,15)12-4-2-1-3-5-12/h1-5,10-11H,6-7,9H2. The van der Waals surface area contributed by atoms with Gasteiger partial charge in [0.25, 0.3) is 0 Å². The van der Waals surface area contributed by atoms with Crippen LogP contribution < -0.4 is 0 Å². The van der Waals surface area contributed by atoms with E-state index in [0.29, 0.717) is 4.90 Å². The first-order valence-corrected chi connectivity index (χ1v) is 6.96. The Morgan fingerprint density at radius 3 is 2.44 bits per heavy atom. The summed E-state index contributed by atoms with van der Waals surface area (Å²) in [6.45, 7) is 0. The average Bonchev–Trinajstić information content (AvgIpc) is 2.27. The number of benzene rings is 1. The summed E-state index contributed by atoms with van der Waals surface area (Å²) in [6.07, 6.45) is 1.69. The van der Waals surface area contributed by atoms with Crippen molar-refractivity contribution in [1.29, 1.82) is 5.26 Å². The molecule has 0 saturated heterocycles. The molecule has 3 nitrogen and oxygen atoms in total. The van der Waals surface area contributed by atoms with Crippen molar-refractivity contribution in [3.63, 3.8) is 0 Å². The van der Waals surface area contributed by atoms with Gasteiger partial charge in [-0.3, -0.25) is 0 Å². The van der Waals surface area contributed by atoms with E-state index in [1.165, 1.54) is 0 Å². The maximum atomic E-state index is 12.0. The molecule has 2 rings (SSSR count). The Morgan fingerprint density at radius 1 is 1.25 bits per heavy atom. The summed E-state index contributed by atoms with van der Waals surface area (Å²) in [5.74, 6) is 0.0589. The van der Waals surface area contributed by atoms with Gasteiger partial charge in [-0.25, -0.2) is 8.42 Å². The summed E-state index contributed by atoms with van der Waals surface area (Å²) in [5, 5.41) is 8.78. The highest BCUT2D eigenvalue weighted by Crippen LogP contribution is 2.35. The van der Waals surface area contributed by atoms with Crippen molar-refractivity contribution in [2.24, 2.45) is 11.8 Å². The molecule has 0 N–H and O–H groups in total. The molecule has 0 aliphatic heterocycles. The molecule has 0 bridgehead atoms. The molecule has 0 spiro atoms. The van der Waals surface area contributed by atoms with E-state index in [1.54, 1.807) is 30.3 Å². The van der Waals surface area contributed by atoms with E-state index < -0.39 is 9.84 Å². The van der Waals surface area contributed by atoms with Crippen molar-refractivity contribution in [2.75, 3.05) is 5.75 Å². The van der Waals surface area contributed by atoms with E-state index in [0.717, 1.165) is 12.8 Å². The van der Waals surface area contributed by atoms with Gasteiger partial charge in [-0.15, -0.1) is 0 Å². The van der Waals surface area contributed by atoms with Crippen molar-refractivity contribution in [2.45, 2.75) is 17.7 Å². The summed E-state index contributed by atoms with van der Waals surface area (Å²) < 4.78 is 24.0. The zero-order valence-electron chi connectivity index (χ0n) is 8.83. The van der Waals surface area contributed by atoms with Crippen LogP contribution in [0.3, 0.4) is 0 Å². The fourth-order valence-corrected chi connectivity index (χ4v) is 3.67. The minimum absolute atomic E-state index is 0.0233. The smallest absolute Gasteiger partial charge is 0.178 e. The zero-order chi connectivity index (χ0) is 11.6. The third-order valence-corrected chi connectivity index (χ3v) is 4.98. The largest absolute Gasteiger partial charge is 0.224 e. The lowest BCUT2D eigenvalue weighted by Crippen LogP contribution is -2.31. The van der Waals surface area contributed by atoms with E-state index >= 15 is 0 Å². The molecule has 0 amide bonds. The molecule has 0 aromatic heterocycles. The van der Waals surface area contributed by atoms with Gasteiger partial charge in [-0.1, -0.05) is 18.2 Å². The van der Waals surface area contributed by atoms with Crippen LogP contribution >= 0.6 is 0 Å². The first-order chi connectivity index (χ1) is 7.63. The van der Waals surface area contributed by atoms with Gasteiger partial charge in [0.15, 0.2) is 9.84 Å². The van der Waals surface area contributed by atoms with Gasteiger partial charge in [0, 0.05) is 0 Å². The van der Waals surface area contributed by atoms with Gasteiger partial charge in [0.1, 0.15) is 0 Å². The van der Waals surface area contributed by atoms with Crippen molar-refractivity contribution in [3.8, 4) is 6.07 Å². The third-order valence-electron chi connectivity index (χ3n) is 3.12. The molecule has 0 heterocycles. The molecule has 1 aliphatic carbocycles. The van der Waals surface area contributed by atoms with Crippen LogP contribution in [-0.4, -0.2) is 14.2 Å². The van der Waals surface area contributed by atoms with Crippen LogP contribution in [0.4, 0.5) is 0 Å². The molecule has 16 heavy (non-hydrogen) atoms. The van der Waals surface area contributed by atoms with E-state index in [2.05, 4.69) is 6.07 Å². The minimum Gasteiger partial charge on any atom is -0.224 e. The summed E-state index contributed by atoms with van der Waals surface area (Å²) >= 11 is 0. The number of hydrogen-bond donors (Lipinski definition) is 0. The predicted molar refractivity (Wildman–Crippen MR) is 60.3 cm³/mol. The summed E-state index contributed by atoms with van der Waals surface area (Å²) in [5.41, 5.74) is 0. The lowest BCUT2D eigenvalue weighted by Gasteiger charge is -2.30. The van der Waals surface area contributed by atoms with Crippen LogP contribution in [0.2, 0.25) is 0 Å². The Morgan fingerprint density at radius 2 is 1.94 bits per heavy atom.